The van der Waals surface area contributed by atoms with Gasteiger partial charge in [-0.25, -0.2) is 12.4 Å². The summed E-state index contributed by atoms with van der Waals surface area (Å²) >= 11 is 0. The van der Waals surface area contributed by atoms with E-state index in [-0.39, 0.29) is 16.4 Å². The number of para-hydroxylation sites is 2. The lowest BCUT2D eigenvalue weighted by Gasteiger charge is -2.25. The van der Waals surface area contributed by atoms with Gasteiger partial charge in [0.05, 0.1) is 21.6 Å². The third-order valence-corrected chi connectivity index (χ3v) is 9.96. The molecule has 0 aliphatic carbocycles. The largest absolute Gasteiger partial charge is 0.334 e. The van der Waals surface area contributed by atoms with Crippen molar-refractivity contribution in [2.24, 2.45) is 0 Å². The lowest BCUT2D eigenvalue weighted by Crippen LogP contribution is -2.23. The molecule has 0 N–H and O–H groups in total. The summed E-state index contributed by atoms with van der Waals surface area (Å²) in [7, 11) is -3.81. The molecule has 0 radical (unpaired) electrons. The van der Waals surface area contributed by atoms with E-state index in [1.807, 2.05) is 43.3 Å². The summed E-state index contributed by atoms with van der Waals surface area (Å²) in [6, 6.07) is 25.1. The number of hydrogen-bond acceptors (Lipinski definition) is 2. The molecular weight excluding hydrogens is 500 g/mol. The highest BCUT2D eigenvalue weighted by molar-refractivity contribution is 7.90. The molecule has 0 fully saturated rings. The van der Waals surface area contributed by atoms with Crippen LogP contribution in [0.4, 0.5) is 0 Å². The molecule has 3 heterocycles. The molecule has 0 bridgehead atoms. The van der Waals surface area contributed by atoms with Crippen molar-refractivity contribution >= 4 is 37.9 Å². The summed E-state index contributed by atoms with van der Waals surface area (Å²) in [6.07, 6.45) is 7.55. The average molecular weight is 535 g/mol. The zero-order valence-corrected chi connectivity index (χ0v) is 24.0. The number of aryl methyl sites for hydroxylation is 2. The molecule has 39 heavy (non-hydrogen) atoms. The van der Waals surface area contributed by atoms with Gasteiger partial charge in [0.15, 0.2) is 0 Å². The van der Waals surface area contributed by atoms with Gasteiger partial charge >= 0.3 is 0 Å². The van der Waals surface area contributed by atoms with Crippen LogP contribution < -0.4 is 0 Å². The van der Waals surface area contributed by atoms with E-state index in [9.17, 15) is 8.42 Å². The predicted octanol–water partition coefficient (Wildman–Crippen LogP) is 8.33. The number of allylic oxidation sites excluding steroid dienone is 3. The molecule has 1 aliphatic rings. The summed E-state index contributed by atoms with van der Waals surface area (Å²) in [5.41, 5.74) is 7.20. The van der Waals surface area contributed by atoms with Gasteiger partial charge in [0, 0.05) is 27.9 Å². The first-order valence-corrected chi connectivity index (χ1v) is 14.9. The van der Waals surface area contributed by atoms with E-state index in [1.165, 1.54) is 31.7 Å². The first-order valence-electron chi connectivity index (χ1n) is 13.5. The van der Waals surface area contributed by atoms with Crippen LogP contribution in [-0.4, -0.2) is 17.0 Å². The van der Waals surface area contributed by atoms with Crippen LogP contribution in [0.1, 0.15) is 55.6 Å². The van der Waals surface area contributed by atoms with Crippen molar-refractivity contribution in [3.8, 4) is 0 Å². The van der Waals surface area contributed by atoms with Crippen molar-refractivity contribution in [1.29, 1.82) is 0 Å². The van der Waals surface area contributed by atoms with Gasteiger partial charge in [-0.3, -0.25) is 0 Å². The monoisotopic (exact) mass is 534 g/mol. The molecule has 0 saturated heterocycles. The van der Waals surface area contributed by atoms with Crippen molar-refractivity contribution in [2.75, 3.05) is 0 Å². The minimum Gasteiger partial charge on any atom is -0.334 e. The summed E-state index contributed by atoms with van der Waals surface area (Å²) in [5.74, 6) is 0.289. The Hall–Kier alpha value is -3.83. The molecule has 1 aliphatic heterocycles. The van der Waals surface area contributed by atoms with Crippen LogP contribution in [-0.2, 0) is 15.6 Å². The smallest absolute Gasteiger partial charge is 0.268 e. The highest BCUT2D eigenvalue weighted by Gasteiger charge is 2.40. The zero-order chi connectivity index (χ0) is 27.5. The van der Waals surface area contributed by atoms with Crippen LogP contribution >= 0.6 is 0 Å². The average Bonchev–Trinajstić information content (AvgIpc) is 3.50. The van der Waals surface area contributed by atoms with Crippen LogP contribution in [0.25, 0.3) is 27.9 Å². The maximum absolute atomic E-state index is 14.0. The maximum Gasteiger partial charge on any atom is 0.268 e. The van der Waals surface area contributed by atoms with Crippen molar-refractivity contribution in [2.45, 2.75) is 57.4 Å². The molecule has 0 saturated carbocycles. The summed E-state index contributed by atoms with van der Waals surface area (Å²) in [5, 5.41) is 2.22. The molecule has 5 aromatic rings. The molecule has 1 unspecified atom stereocenters. The van der Waals surface area contributed by atoms with Crippen molar-refractivity contribution < 1.29 is 8.42 Å². The molecule has 2 atom stereocenters. The first-order chi connectivity index (χ1) is 18.6. The Kier molecular flexibility index (Phi) is 5.96. The predicted molar refractivity (Wildman–Crippen MR) is 162 cm³/mol. The van der Waals surface area contributed by atoms with E-state index in [4.69, 9.17) is 0 Å². The standard InChI is InChI=1S/C34H34N2O2S/c1-23(2)21-26-22-34(5,35-31-17-11-9-16-29(31)25(4)33(26)35)20-19-30-24(3)28-15-10-12-18-32(28)36(30)39(37,38)27-13-7-6-8-14-27/h6-21,26H,22H2,1-5H3/b20-19+/t26-,34?/m0/s1. The SMILES string of the molecule is CC(C)=C[C@H]1CC(C)(/C=C/c2c(C)c3ccccc3n2S(=O)(=O)c2ccccc2)n2c1c(C)c1ccccc12. The van der Waals surface area contributed by atoms with Crippen LogP contribution in [0.5, 0.6) is 0 Å². The normalized spacial score (nSPS) is 19.3. The lowest BCUT2D eigenvalue weighted by atomic mass is 9.89. The molecule has 5 heteroatoms. The Morgan fingerprint density at radius 1 is 0.846 bits per heavy atom. The molecule has 3 aromatic carbocycles. The van der Waals surface area contributed by atoms with Gasteiger partial charge in [0.1, 0.15) is 0 Å². The van der Waals surface area contributed by atoms with E-state index >= 15 is 0 Å². The minimum absolute atomic E-state index is 0.283. The highest BCUT2D eigenvalue weighted by Crippen LogP contribution is 2.48. The van der Waals surface area contributed by atoms with E-state index in [0.29, 0.717) is 11.2 Å². The Balaban J connectivity index is 1.58. The van der Waals surface area contributed by atoms with Crippen LogP contribution in [0, 0.1) is 13.8 Å². The second-order valence-corrected chi connectivity index (χ2v) is 13.0. The van der Waals surface area contributed by atoms with Crippen molar-refractivity contribution in [3.05, 3.63) is 119 Å². The molecule has 4 nitrogen and oxygen atoms in total. The Morgan fingerprint density at radius 2 is 1.44 bits per heavy atom. The third-order valence-electron chi connectivity index (χ3n) is 8.22. The van der Waals surface area contributed by atoms with Gasteiger partial charge in [-0.1, -0.05) is 72.3 Å². The quantitative estimate of drug-likeness (QED) is 0.213. The van der Waals surface area contributed by atoms with Crippen LogP contribution in [0.3, 0.4) is 0 Å². The molecular formula is C34H34N2O2S. The molecule has 2 aromatic heterocycles. The number of benzene rings is 3. The fraction of sp³-hybridized carbons (Fsp3) is 0.235. The number of fused-ring (bicyclic) bond motifs is 4. The Bertz CT molecular complexity index is 1900. The first kappa shape index (κ1) is 25.4. The van der Waals surface area contributed by atoms with Gasteiger partial charge in [0.25, 0.3) is 10.0 Å². The fourth-order valence-corrected chi connectivity index (χ4v) is 8.11. The Labute approximate surface area is 231 Å². The van der Waals surface area contributed by atoms with Gasteiger partial charge in [-0.15, -0.1) is 0 Å². The zero-order valence-electron chi connectivity index (χ0n) is 23.1. The maximum atomic E-state index is 14.0. The molecule has 0 spiro atoms. The van der Waals surface area contributed by atoms with Gasteiger partial charge in [-0.05, 0) is 82.5 Å². The van der Waals surface area contributed by atoms with Crippen molar-refractivity contribution in [1.82, 2.24) is 8.54 Å². The molecule has 0 amide bonds. The van der Waals surface area contributed by atoms with E-state index in [0.717, 1.165) is 17.4 Å². The van der Waals surface area contributed by atoms with Gasteiger partial charge in [0.2, 0.25) is 0 Å². The van der Waals surface area contributed by atoms with Gasteiger partial charge < -0.3 is 4.57 Å². The molecule has 6 rings (SSSR count). The minimum atomic E-state index is -3.81. The third kappa shape index (κ3) is 3.90. The van der Waals surface area contributed by atoms with Gasteiger partial charge in [-0.2, -0.15) is 0 Å². The number of rotatable bonds is 5. The van der Waals surface area contributed by atoms with E-state index in [1.54, 1.807) is 24.3 Å². The number of nitrogens with zero attached hydrogens (tertiary/aromatic N) is 2. The highest BCUT2D eigenvalue weighted by atomic mass is 32.2. The molecule has 198 valence electrons. The second kappa shape index (κ2) is 9.13. The Morgan fingerprint density at radius 3 is 2.10 bits per heavy atom. The fourth-order valence-electron chi connectivity index (χ4n) is 6.53. The van der Waals surface area contributed by atoms with Crippen molar-refractivity contribution in [3.63, 3.8) is 0 Å². The number of aromatic nitrogens is 2. The summed E-state index contributed by atoms with van der Waals surface area (Å²) in [6.45, 7) is 10.8. The summed E-state index contributed by atoms with van der Waals surface area (Å²) in [4.78, 5) is 0.283. The topological polar surface area (TPSA) is 44.0 Å². The van der Waals surface area contributed by atoms with E-state index in [2.05, 4.69) is 68.7 Å². The summed E-state index contributed by atoms with van der Waals surface area (Å²) < 4.78 is 32.0. The number of hydrogen-bond donors (Lipinski definition) is 0. The lowest BCUT2D eigenvalue weighted by molar-refractivity contribution is 0.439. The van der Waals surface area contributed by atoms with Crippen LogP contribution in [0.2, 0.25) is 0 Å². The van der Waals surface area contributed by atoms with E-state index < -0.39 is 10.0 Å². The van der Waals surface area contributed by atoms with Crippen LogP contribution in [0.15, 0.2) is 101 Å². The second-order valence-electron chi connectivity index (χ2n) is 11.2.